The third kappa shape index (κ3) is 2.28. The van der Waals surface area contributed by atoms with Crippen molar-refractivity contribution in [2.75, 3.05) is 19.0 Å². The third-order valence-corrected chi connectivity index (χ3v) is 3.12. The summed E-state index contributed by atoms with van der Waals surface area (Å²) in [6.07, 6.45) is 0.0239. The monoisotopic (exact) mass is 249 g/mol. The van der Waals surface area contributed by atoms with Crippen molar-refractivity contribution in [3.63, 3.8) is 0 Å². The van der Waals surface area contributed by atoms with Gasteiger partial charge in [0.15, 0.2) is 5.75 Å². The summed E-state index contributed by atoms with van der Waals surface area (Å²) in [6.45, 7) is 7.09. The fourth-order valence-corrected chi connectivity index (χ4v) is 1.94. The third-order valence-electron chi connectivity index (χ3n) is 3.12. The number of hydrogen-bond acceptors (Lipinski definition) is 4. The second-order valence-electron chi connectivity index (χ2n) is 5.53. The lowest BCUT2D eigenvalue weighted by Gasteiger charge is -2.36. The summed E-state index contributed by atoms with van der Waals surface area (Å²) in [5, 5.41) is 3.31. The van der Waals surface area contributed by atoms with Gasteiger partial charge in [-0.25, -0.2) is 4.79 Å². The summed E-state index contributed by atoms with van der Waals surface area (Å²) in [4.78, 5) is 11.7. The van der Waals surface area contributed by atoms with Crippen LogP contribution in [0.15, 0.2) is 18.2 Å². The molecule has 1 unspecified atom stereocenters. The smallest absolute Gasteiger partial charge is 0.341 e. The van der Waals surface area contributed by atoms with E-state index in [1.165, 1.54) is 7.11 Å². The van der Waals surface area contributed by atoms with E-state index in [-0.39, 0.29) is 17.5 Å². The van der Waals surface area contributed by atoms with Gasteiger partial charge in [-0.05, 0) is 12.1 Å². The molecule has 0 aromatic heterocycles. The molecule has 1 heterocycles. The highest BCUT2D eigenvalue weighted by atomic mass is 16.5. The molecule has 98 valence electrons. The minimum absolute atomic E-state index is 0.00786. The number of benzene rings is 1. The second-order valence-corrected chi connectivity index (χ2v) is 5.53. The van der Waals surface area contributed by atoms with Crippen molar-refractivity contribution in [1.82, 2.24) is 0 Å². The standard InChI is InChI=1S/C14H19NO3/c1-14(2,3)11-8-15-10-7-5-6-9(12(10)18-11)13(16)17-4/h5-7,11,15H,8H2,1-4H3. The van der Waals surface area contributed by atoms with Crippen LogP contribution in [0, 0.1) is 5.41 Å². The maximum Gasteiger partial charge on any atom is 0.341 e. The second kappa shape index (κ2) is 4.52. The molecule has 0 radical (unpaired) electrons. The summed E-state index contributed by atoms with van der Waals surface area (Å²) in [5.74, 6) is 0.221. The maximum atomic E-state index is 11.7. The van der Waals surface area contributed by atoms with E-state index in [9.17, 15) is 4.79 Å². The normalized spacial score (nSPS) is 18.3. The molecule has 1 aromatic carbocycles. The Morgan fingerprint density at radius 3 is 2.78 bits per heavy atom. The molecule has 1 aromatic rings. The summed E-state index contributed by atoms with van der Waals surface area (Å²) in [7, 11) is 1.37. The zero-order valence-corrected chi connectivity index (χ0v) is 11.2. The van der Waals surface area contributed by atoms with Gasteiger partial charge in [0, 0.05) is 5.41 Å². The lowest BCUT2D eigenvalue weighted by Crippen LogP contribution is -2.41. The Balaban J connectivity index is 2.38. The van der Waals surface area contributed by atoms with E-state index in [0.29, 0.717) is 11.3 Å². The van der Waals surface area contributed by atoms with Crippen LogP contribution in [-0.4, -0.2) is 25.7 Å². The van der Waals surface area contributed by atoms with E-state index < -0.39 is 0 Å². The number of carbonyl (C=O) groups is 1. The van der Waals surface area contributed by atoms with Crippen molar-refractivity contribution in [2.24, 2.45) is 5.41 Å². The lowest BCUT2D eigenvalue weighted by molar-refractivity contribution is 0.0573. The van der Waals surface area contributed by atoms with E-state index in [0.717, 1.165) is 12.2 Å². The molecule has 4 nitrogen and oxygen atoms in total. The molecule has 1 atom stereocenters. The van der Waals surface area contributed by atoms with Crippen LogP contribution in [0.25, 0.3) is 0 Å². The molecular formula is C14H19NO3. The van der Waals surface area contributed by atoms with Gasteiger partial charge in [-0.3, -0.25) is 0 Å². The summed E-state index contributed by atoms with van der Waals surface area (Å²) < 4.78 is 10.8. The van der Waals surface area contributed by atoms with Gasteiger partial charge in [0.25, 0.3) is 0 Å². The molecule has 2 rings (SSSR count). The average Bonchev–Trinajstić information content (AvgIpc) is 2.35. The van der Waals surface area contributed by atoms with Gasteiger partial charge in [0.2, 0.25) is 0 Å². The fraction of sp³-hybridized carbons (Fsp3) is 0.500. The molecule has 1 aliphatic rings. The van der Waals surface area contributed by atoms with Crippen LogP contribution >= 0.6 is 0 Å². The van der Waals surface area contributed by atoms with Crippen molar-refractivity contribution in [3.8, 4) is 5.75 Å². The van der Waals surface area contributed by atoms with Crippen LogP contribution < -0.4 is 10.1 Å². The molecule has 0 aliphatic carbocycles. The first-order valence-corrected chi connectivity index (χ1v) is 6.05. The van der Waals surface area contributed by atoms with Crippen molar-refractivity contribution in [3.05, 3.63) is 23.8 Å². The zero-order chi connectivity index (χ0) is 13.3. The van der Waals surface area contributed by atoms with E-state index in [1.54, 1.807) is 6.07 Å². The van der Waals surface area contributed by atoms with Gasteiger partial charge in [0.05, 0.1) is 19.3 Å². The predicted molar refractivity (Wildman–Crippen MR) is 70.1 cm³/mol. The van der Waals surface area contributed by atoms with Crippen molar-refractivity contribution < 1.29 is 14.3 Å². The molecule has 0 amide bonds. The highest BCUT2D eigenvalue weighted by Crippen LogP contribution is 2.37. The van der Waals surface area contributed by atoms with Crippen molar-refractivity contribution >= 4 is 11.7 Å². The fourth-order valence-electron chi connectivity index (χ4n) is 1.94. The molecule has 0 saturated carbocycles. The molecule has 0 saturated heterocycles. The maximum absolute atomic E-state index is 11.7. The summed E-state index contributed by atoms with van der Waals surface area (Å²) in [5.41, 5.74) is 1.32. The quantitative estimate of drug-likeness (QED) is 0.777. The number of anilines is 1. The number of fused-ring (bicyclic) bond motifs is 1. The van der Waals surface area contributed by atoms with Crippen molar-refractivity contribution in [1.29, 1.82) is 0 Å². The van der Waals surface area contributed by atoms with Gasteiger partial charge in [-0.2, -0.15) is 0 Å². The van der Waals surface area contributed by atoms with Crippen LogP contribution in [0.1, 0.15) is 31.1 Å². The molecule has 1 N–H and O–H groups in total. The molecule has 0 bridgehead atoms. The Labute approximate surface area is 107 Å². The molecule has 0 spiro atoms. The number of ether oxygens (including phenoxy) is 2. The lowest BCUT2D eigenvalue weighted by atomic mass is 9.88. The number of esters is 1. The first kappa shape index (κ1) is 12.7. The number of methoxy groups -OCH3 is 1. The van der Waals surface area contributed by atoms with Gasteiger partial charge >= 0.3 is 5.97 Å². The van der Waals surface area contributed by atoms with E-state index in [4.69, 9.17) is 9.47 Å². The van der Waals surface area contributed by atoms with Crippen LogP contribution in [0.4, 0.5) is 5.69 Å². The average molecular weight is 249 g/mol. The Kier molecular flexibility index (Phi) is 3.20. The van der Waals surface area contributed by atoms with Crippen molar-refractivity contribution in [2.45, 2.75) is 26.9 Å². The van der Waals surface area contributed by atoms with Crippen LogP contribution in [0.2, 0.25) is 0 Å². The molecule has 1 aliphatic heterocycles. The Morgan fingerprint density at radius 1 is 1.44 bits per heavy atom. The highest BCUT2D eigenvalue weighted by Gasteiger charge is 2.32. The van der Waals surface area contributed by atoms with E-state index in [2.05, 4.69) is 26.1 Å². The molecule has 4 heteroatoms. The number of para-hydroxylation sites is 1. The summed E-state index contributed by atoms with van der Waals surface area (Å²) in [6, 6.07) is 5.44. The van der Waals surface area contributed by atoms with Crippen LogP contribution in [0.3, 0.4) is 0 Å². The van der Waals surface area contributed by atoms with Crippen LogP contribution in [0.5, 0.6) is 5.75 Å². The number of nitrogens with one attached hydrogen (secondary N) is 1. The molecule has 0 fully saturated rings. The minimum atomic E-state index is -0.372. The molecule has 18 heavy (non-hydrogen) atoms. The van der Waals surface area contributed by atoms with Crippen LogP contribution in [-0.2, 0) is 4.74 Å². The first-order valence-electron chi connectivity index (χ1n) is 6.05. The highest BCUT2D eigenvalue weighted by molar-refractivity contribution is 5.95. The zero-order valence-electron chi connectivity index (χ0n) is 11.2. The number of hydrogen-bond donors (Lipinski definition) is 1. The SMILES string of the molecule is COC(=O)c1cccc2c1OC(C(C)(C)C)CN2. The Morgan fingerprint density at radius 2 is 2.17 bits per heavy atom. The van der Waals surface area contributed by atoms with Gasteiger partial charge < -0.3 is 14.8 Å². The number of rotatable bonds is 1. The minimum Gasteiger partial charge on any atom is -0.485 e. The van der Waals surface area contributed by atoms with Gasteiger partial charge in [-0.15, -0.1) is 0 Å². The Bertz CT molecular complexity index is 463. The number of carbonyl (C=O) groups excluding carboxylic acids is 1. The summed E-state index contributed by atoms with van der Waals surface area (Å²) >= 11 is 0. The van der Waals surface area contributed by atoms with Gasteiger partial charge in [-0.1, -0.05) is 26.8 Å². The van der Waals surface area contributed by atoms with E-state index in [1.807, 2.05) is 12.1 Å². The largest absolute Gasteiger partial charge is 0.485 e. The van der Waals surface area contributed by atoms with Gasteiger partial charge in [0.1, 0.15) is 11.7 Å². The Hall–Kier alpha value is -1.71. The topological polar surface area (TPSA) is 47.6 Å². The first-order chi connectivity index (χ1) is 8.43. The predicted octanol–water partition coefficient (Wildman–Crippen LogP) is 2.69. The molecular weight excluding hydrogens is 230 g/mol. The van der Waals surface area contributed by atoms with E-state index >= 15 is 0 Å².